The zero-order chi connectivity index (χ0) is 31.1. The maximum atomic E-state index is 14.0. The third-order valence-electron chi connectivity index (χ3n) is 6.60. The van der Waals surface area contributed by atoms with E-state index >= 15 is 0 Å². The molecule has 13 heteroatoms. The third-order valence-corrected chi connectivity index (χ3v) is 10.8. The van der Waals surface area contributed by atoms with Gasteiger partial charge in [0, 0.05) is 17.0 Å². The van der Waals surface area contributed by atoms with Crippen molar-refractivity contribution in [1.82, 2.24) is 5.43 Å². The van der Waals surface area contributed by atoms with Crippen molar-refractivity contribution in [3.8, 4) is 0 Å². The Bertz CT molecular complexity index is 1840. The molecule has 1 amide bonds. The van der Waals surface area contributed by atoms with Crippen LogP contribution in [-0.2, 0) is 14.8 Å². The summed E-state index contributed by atoms with van der Waals surface area (Å²) in [4.78, 5) is 19.4. The van der Waals surface area contributed by atoms with Gasteiger partial charge in [0.2, 0.25) is 0 Å². The van der Waals surface area contributed by atoms with Crippen molar-refractivity contribution in [2.75, 3.05) is 16.4 Å². The molecule has 4 aromatic rings. The van der Waals surface area contributed by atoms with Gasteiger partial charge in [-0.15, -0.1) is 11.8 Å². The summed E-state index contributed by atoms with van der Waals surface area (Å²) in [5.41, 5.74) is 5.95. The maximum Gasteiger partial charge on any atom is 0.267 e. The second kappa shape index (κ2) is 12.6. The number of aryl methyl sites for hydroxylation is 2. The van der Waals surface area contributed by atoms with Crippen LogP contribution in [0.5, 0.6) is 0 Å². The van der Waals surface area contributed by atoms with Gasteiger partial charge in [0.15, 0.2) is 0 Å². The van der Waals surface area contributed by atoms with E-state index in [-0.39, 0.29) is 26.5 Å². The number of sulfonamides is 1. The first kappa shape index (κ1) is 31.5. The fraction of sp³-hybridized carbons (Fsp3) is 0.133. The predicted octanol–water partition coefficient (Wildman–Crippen LogP) is 8.48. The van der Waals surface area contributed by atoms with Crippen LogP contribution in [0.3, 0.4) is 0 Å². The number of aliphatic imine (C=N–C) groups is 1. The predicted molar refractivity (Wildman–Crippen MR) is 178 cm³/mol. The minimum atomic E-state index is -3.91. The van der Waals surface area contributed by atoms with Gasteiger partial charge in [0.1, 0.15) is 16.8 Å². The van der Waals surface area contributed by atoms with Gasteiger partial charge in [-0.3, -0.25) is 14.5 Å². The quantitative estimate of drug-likeness (QED) is 0.210. The second-order valence-corrected chi connectivity index (χ2v) is 14.5. The van der Waals surface area contributed by atoms with E-state index in [4.69, 9.17) is 51.4 Å². The van der Waals surface area contributed by atoms with Crippen molar-refractivity contribution in [2.24, 2.45) is 4.99 Å². The molecule has 1 aliphatic heterocycles. The number of hydrogen-bond acceptors (Lipinski definition) is 5. The van der Waals surface area contributed by atoms with Crippen molar-refractivity contribution in [3.63, 3.8) is 0 Å². The molecule has 1 unspecified atom stereocenters. The average molecular weight is 694 g/mol. The molecular weight excluding hydrogens is 670 g/mol. The van der Waals surface area contributed by atoms with Crippen molar-refractivity contribution in [1.29, 1.82) is 0 Å². The molecule has 4 aromatic carbocycles. The Morgan fingerprint density at radius 2 is 1.49 bits per heavy atom. The first-order chi connectivity index (χ1) is 20.4. The molecule has 1 aliphatic rings. The van der Waals surface area contributed by atoms with Crippen LogP contribution in [0, 0.1) is 13.8 Å². The number of thioether (sulfide) groups is 1. The Labute approximate surface area is 274 Å². The topological polar surface area (TPSA) is 82.1 Å². The molecule has 7 nitrogen and oxygen atoms in total. The number of rotatable bonds is 7. The van der Waals surface area contributed by atoms with Crippen LogP contribution in [0.15, 0.2) is 93.6 Å². The van der Waals surface area contributed by atoms with E-state index < -0.39 is 21.2 Å². The van der Waals surface area contributed by atoms with E-state index in [1.807, 2.05) is 19.9 Å². The Kier molecular flexibility index (Phi) is 9.23. The van der Waals surface area contributed by atoms with Gasteiger partial charge < -0.3 is 0 Å². The summed E-state index contributed by atoms with van der Waals surface area (Å²) in [7, 11) is -2.43. The van der Waals surface area contributed by atoms with E-state index in [1.54, 1.807) is 60.7 Å². The SMILES string of the molecule is Cc1ccc(S(=O)(=O)N(C)c2ccccc2SC2C(=O)N(c3c(Cl)cc(Cl)cc3Cl)NC2=Nc2cc(C)ccc2Cl)cc1. The van der Waals surface area contributed by atoms with E-state index in [0.717, 1.165) is 22.9 Å². The minimum absolute atomic E-state index is 0.147. The van der Waals surface area contributed by atoms with Crippen molar-refractivity contribution >= 4 is 97.0 Å². The Morgan fingerprint density at radius 3 is 2.16 bits per heavy atom. The molecule has 1 saturated heterocycles. The Hall–Kier alpha value is -2.92. The standard InChI is InChI=1S/C30H24Cl4N4O3S2/c1-17-8-11-20(12-9-17)43(40,41)37(3)25-6-4-5-7-26(25)42-28-29(35-24-14-18(2)10-13-21(24)32)36-38(30(28)39)27-22(33)15-19(31)16-23(27)34/h4-16,28H,1-3H3,(H,35,36). The zero-order valence-electron chi connectivity index (χ0n) is 23.0. The number of carbonyl (C=O) groups excluding carboxylic acids is 1. The van der Waals surface area contributed by atoms with Crippen LogP contribution < -0.4 is 14.7 Å². The molecule has 43 heavy (non-hydrogen) atoms. The number of hydrazine groups is 1. The minimum Gasteiger partial charge on any atom is -0.276 e. The van der Waals surface area contributed by atoms with Crippen molar-refractivity contribution in [2.45, 2.75) is 28.9 Å². The summed E-state index contributed by atoms with van der Waals surface area (Å²) in [6.45, 7) is 3.79. The normalized spacial score (nSPS) is 16.1. The summed E-state index contributed by atoms with van der Waals surface area (Å²) >= 11 is 26.7. The number of nitrogens with one attached hydrogen (secondary N) is 1. The van der Waals surface area contributed by atoms with E-state index in [2.05, 4.69) is 5.43 Å². The van der Waals surface area contributed by atoms with Gasteiger partial charge in [-0.05, 0) is 67.9 Å². The molecule has 1 atom stereocenters. The van der Waals surface area contributed by atoms with Crippen LogP contribution >= 0.6 is 58.2 Å². The maximum absolute atomic E-state index is 14.0. The lowest BCUT2D eigenvalue weighted by Crippen LogP contribution is -2.36. The smallest absolute Gasteiger partial charge is 0.267 e. The largest absolute Gasteiger partial charge is 0.276 e. The van der Waals surface area contributed by atoms with Crippen molar-refractivity contribution in [3.05, 3.63) is 110 Å². The van der Waals surface area contributed by atoms with Gasteiger partial charge >= 0.3 is 0 Å². The van der Waals surface area contributed by atoms with Crippen molar-refractivity contribution < 1.29 is 13.2 Å². The fourth-order valence-electron chi connectivity index (χ4n) is 4.35. The molecule has 1 N–H and O–H groups in total. The summed E-state index contributed by atoms with van der Waals surface area (Å²) < 4.78 is 28.3. The number of amidine groups is 1. The number of amides is 1. The summed E-state index contributed by atoms with van der Waals surface area (Å²) in [6, 6.07) is 21.9. The highest BCUT2D eigenvalue weighted by atomic mass is 35.5. The number of nitrogens with zero attached hydrogens (tertiary/aromatic N) is 3. The zero-order valence-corrected chi connectivity index (χ0v) is 27.6. The first-order valence-corrected chi connectivity index (χ1v) is 16.6. The molecular formula is C30H24Cl4N4O3S2. The summed E-state index contributed by atoms with van der Waals surface area (Å²) in [5.74, 6) is -0.180. The molecule has 0 bridgehead atoms. The number of anilines is 2. The summed E-state index contributed by atoms with van der Waals surface area (Å²) in [6.07, 6.45) is 0. The number of carbonyl (C=O) groups is 1. The average Bonchev–Trinajstić information content (AvgIpc) is 3.24. The van der Waals surface area contributed by atoms with E-state index in [0.29, 0.717) is 26.3 Å². The lowest BCUT2D eigenvalue weighted by Gasteiger charge is -2.23. The highest BCUT2D eigenvalue weighted by Crippen LogP contribution is 2.42. The van der Waals surface area contributed by atoms with Gasteiger partial charge in [0.05, 0.1) is 31.3 Å². The second-order valence-electron chi connectivity index (χ2n) is 9.71. The molecule has 5 rings (SSSR count). The number of para-hydroxylation sites is 1. The molecule has 0 radical (unpaired) electrons. The Balaban J connectivity index is 1.58. The number of hydrogen-bond donors (Lipinski definition) is 1. The number of benzene rings is 4. The highest BCUT2D eigenvalue weighted by Gasteiger charge is 2.42. The van der Waals surface area contributed by atoms with Gasteiger partial charge in [-0.25, -0.2) is 18.4 Å². The van der Waals surface area contributed by atoms with Gasteiger partial charge in [-0.1, -0.05) is 82.3 Å². The molecule has 0 saturated carbocycles. The monoisotopic (exact) mass is 692 g/mol. The van der Waals surface area contributed by atoms with Crippen LogP contribution in [0.25, 0.3) is 0 Å². The van der Waals surface area contributed by atoms with Crippen LogP contribution in [-0.4, -0.2) is 32.5 Å². The summed E-state index contributed by atoms with van der Waals surface area (Å²) in [5, 5.41) is 1.28. The molecule has 0 spiro atoms. The van der Waals surface area contributed by atoms with E-state index in [1.165, 1.54) is 28.5 Å². The molecule has 0 aliphatic carbocycles. The van der Waals surface area contributed by atoms with Crippen LogP contribution in [0.1, 0.15) is 11.1 Å². The van der Waals surface area contributed by atoms with Crippen LogP contribution in [0.2, 0.25) is 20.1 Å². The molecule has 1 fully saturated rings. The van der Waals surface area contributed by atoms with Crippen LogP contribution in [0.4, 0.5) is 17.1 Å². The lowest BCUT2D eigenvalue weighted by atomic mass is 10.2. The van der Waals surface area contributed by atoms with Gasteiger partial charge in [-0.2, -0.15) is 0 Å². The molecule has 222 valence electrons. The number of halogens is 4. The van der Waals surface area contributed by atoms with E-state index in [9.17, 15) is 13.2 Å². The first-order valence-electron chi connectivity index (χ1n) is 12.8. The lowest BCUT2D eigenvalue weighted by molar-refractivity contribution is -0.116. The highest BCUT2D eigenvalue weighted by molar-refractivity contribution is 8.01. The Morgan fingerprint density at radius 1 is 0.860 bits per heavy atom. The third kappa shape index (κ3) is 6.48. The molecule has 1 heterocycles. The molecule has 0 aromatic heterocycles. The fourth-order valence-corrected chi connectivity index (χ4v) is 7.92. The van der Waals surface area contributed by atoms with Gasteiger partial charge in [0.25, 0.3) is 15.9 Å².